The largest absolute Gasteiger partial charge is 0.465 e. The number of rotatable bonds is 7. The molecule has 0 atom stereocenters. The Morgan fingerprint density at radius 2 is 2.18 bits per heavy atom. The first-order chi connectivity index (χ1) is 8.31. The SMILES string of the molecule is Cc1oc(CNC2CC2)cc1COCC1CC1. The maximum absolute atomic E-state index is 5.72. The maximum atomic E-state index is 5.72. The molecule has 0 bridgehead atoms. The van der Waals surface area contributed by atoms with E-state index in [1.54, 1.807) is 0 Å². The standard InChI is InChI=1S/C14H21NO2/c1-10-12(9-16-8-11-2-3-11)6-14(17-10)7-15-13-4-5-13/h6,11,13,15H,2-5,7-9H2,1H3. The molecule has 1 N–H and O–H groups in total. The Kier molecular flexibility index (Phi) is 3.21. The van der Waals surface area contributed by atoms with Crippen LogP contribution in [-0.4, -0.2) is 12.6 Å². The molecule has 2 fully saturated rings. The molecular weight excluding hydrogens is 214 g/mol. The van der Waals surface area contributed by atoms with Crippen molar-refractivity contribution in [1.82, 2.24) is 5.32 Å². The van der Waals surface area contributed by atoms with Crippen molar-refractivity contribution in [2.75, 3.05) is 6.61 Å². The summed E-state index contributed by atoms with van der Waals surface area (Å²) in [6.07, 6.45) is 5.33. The van der Waals surface area contributed by atoms with Gasteiger partial charge in [-0.2, -0.15) is 0 Å². The van der Waals surface area contributed by atoms with E-state index in [0.717, 1.165) is 36.6 Å². The van der Waals surface area contributed by atoms with Crippen molar-refractivity contribution >= 4 is 0 Å². The molecule has 3 rings (SSSR count). The van der Waals surface area contributed by atoms with Gasteiger partial charge >= 0.3 is 0 Å². The van der Waals surface area contributed by atoms with E-state index in [-0.39, 0.29) is 0 Å². The molecule has 2 saturated carbocycles. The van der Waals surface area contributed by atoms with E-state index in [1.165, 1.54) is 31.2 Å². The Bertz CT molecular complexity index is 378. The highest BCUT2D eigenvalue weighted by molar-refractivity contribution is 5.20. The lowest BCUT2D eigenvalue weighted by Crippen LogP contribution is -2.14. The Hall–Kier alpha value is -0.800. The molecule has 0 spiro atoms. The average Bonchev–Trinajstić information content (AvgIpc) is 3.19. The van der Waals surface area contributed by atoms with E-state index in [1.807, 2.05) is 6.92 Å². The van der Waals surface area contributed by atoms with Crippen LogP contribution in [0.5, 0.6) is 0 Å². The first kappa shape index (κ1) is 11.3. The summed E-state index contributed by atoms with van der Waals surface area (Å²) < 4.78 is 11.4. The third-order valence-electron chi connectivity index (χ3n) is 3.52. The van der Waals surface area contributed by atoms with Crippen LogP contribution in [0.1, 0.15) is 42.8 Å². The Morgan fingerprint density at radius 3 is 2.88 bits per heavy atom. The highest BCUT2D eigenvalue weighted by Crippen LogP contribution is 2.29. The second kappa shape index (κ2) is 4.83. The van der Waals surface area contributed by atoms with Crippen LogP contribution in [0.15, 0.2) is 10.5 Å². The van der Waals surface area contributed by atoms with Crippen LogP contribution in [0, 0.1) is 12.8 Å². The molecule has 1 aromatic heterocycles. The summed E-state index contributed by atoms with van der Waals surface area (Å²) in [6, 6.07) is 2.87. The highest BCUT2D eigenvalue weighted by atomic mass is 16.5. The molecule has 0 saturated heterocycles. The van der Waals surface area contributed by atoms with Crippen molar-refractivity contribution in [1.29, 1.82) is 0 Å². The van der Waals surface area contributed by atoms with Gasteiger partial charge in [-0.15, -0.1) is 0 Å². The smallest absolute Gasteiger partial charge is 0.118 e. The molecule has 2 aliphatic carbocycles. The Labute approximate surface area is 103 Å². The average molecular weight is 235 g/mol. The number of nitrogens with one attached hydrogen (secondary N) is 1. The van der Waals surface area contributed by atoms with Crippen molar-refractivity contribution in [2.45, 2.75) is 51.8 Å². The molecule has 94 valence electrons. The first-order valence-corrected chi connectivity index (χ1v) is 6.70. The van der Waals surface area contributed by atoms with Gasteiger partial charge in [-0.05, 0) is 44.6 Å². The van der Waals surface area contributed by atoms with E-state index in [9.17, 15) is 0 Å². The summed E-state index contributed by atoms with van der Waals surface area (Å²) in [5.74, 6) is 2.88. The van der Waals surface area contributed by atoms with Gasteiger partial charge < -0.3 is 14.5 Å². The van der Waals surface area contributed by atoms with Gasteiger partial charge in [0.25, 0.3) is 0 Å². The van der Waals surface area contributed by atoms with Gasteiger partial charge in [-0.25, -0.2) is 0 Å². The van der Waals surface area contributed by atoms with Crippen LogP contribution in [-0.2, 0) is 17.9 Å². The van der Waals surface area contributed by atoms with Crippen molar-refractivity contribution in [3.05, 3.63) is 23.2 Å². The van der Waals surface area contributed by atoms with Crippen LogP contribution in [0.3, 0.4) is 0 Å². The molecule has 1 heterocycles. The molecule has 0 unspecified atom stereocenters. The van der Waals surface area contributed by atoms with Crippen molar-refractivity contribution < 1.29 is 9.15 Å². The fourth-order valence-electron chi connectivity index (χ4n) is 1.97. The van der Waals surface area contributed by atoms with E-state index in [2.05, 4.69) is 11.4 Å². The lowest BCUT2D eigenvalue weighted by Gasteiger charge is -2.00. The molecule has 3 nitrogen and oxygen atoms in total. The summed E-state index contributed by atoms with van der Waals surface area (Å²) in [7, 11) is 0. The number of ether oxygens (including phenoxy) is 1. The molecule has 17 heavy (non-hydrogen) atoms. The molecule has 2 aliphatic rings. The summed E-state index contributed by atoms with van der Waals surface area (Å²) in [4.78, 5) is 0. The van der Waals surface area contributed by atoms with Gasteiger partial charge in [0, 0.05) is 18.2 Å². The van der Waals surface area contributed by atoms with Crippen molar-refractivity contribution in [2.24, 2.45) is 5.92 Å². The zero-order chi connectivity index (χ0) is 11.7. The van der Waals surface area contributed by atoms with Crippen LogP contribution >= 0.6 is 0 Å². The van der Waals surface area contributed by atoms with Gasteiger partial charge in [-0.1, -0.05) is 0 Å². The maximum Gasteiger partial charge on any atom is 0.118 e. The molecular formula is C14H21NO2. The lowest BCUT2D eigenvalue weighted by atomic mass is 10.2. The summed E-state index contributed by atoms with van der Waals surface area (Å²) >= 11 is 0. The van der Waals surface area contributed by atoms with Gasteiger partial charge in [0.2, 0.25) is 0 Å². The fraction of sp³-hybridized carbons (Fsp3) is 0.714. The molecule has 3 heteroatoms. The normalized spacial score (nSPS) is 19.8. The molecule has 0 radical (unpaired) electrons. The number of furan rings is 1. The predicted molar refractivity (Wildman–Crippen MR) is 65.7 cm³/mol. The lowest BCUT2D eigenvalue weighted by molar-refractivity contribution is 0.110. The van der Waals surface area contributed by atoms with Crippen LogP contribution in [0.2, 0.25) is 0 Å². The molecule has 0 amide bonds. The predicted octanol–water partition coefficient (Wildman–Crippen LogP) is 2.77. The molecule has 0 aliphatic heterocycles. The van der Waals surface area contributed by atoms with Gasteiger partial charge in [0.1, 0.15) is 11.5 Å². The Balaban J connectivity index is 1.47. The van der Waals surface area contributed by atoms with E-state index >= 15 is 0 Å². The summed E-state index contributed by atoms with van der Waals surface area (Å²) in [5.41, 5.74) is 1.21. The first-order valence-electron chi connectivity index (χ1n) is 6.70. The summed E-state index contributed by atoms with van der Waals surface area (Å²) in [5, 5.41) is 3.46. The quantitative estimate of drug-likeness (QED) is 0.789. The third-order valence-corrected chi connectivity index (χ3v) is 3.52. The van der Waals surface area contributed by atoms with Gasteiger partial charge in [0.15, 0.2) is 0 Å². The second-order valence-corrected chi connectivity index (χ2v) is 5.41. The van der Waals surface area contributed by atoms with E-state index < -0.39 is 0 Å². The number of aryl methyl sites for hydroxylation is 1. The summed E-state index contributed by atoms with van der Waals surface area (Å²) in [6.45, 7) is 4.50. The minimum Gasteiger partial charge on any atom is -0.465 e. The Morgan fingerprint density at radius 1 is 1.35 bits per heavy atom. The van der Waals surface area contributed by atoms with E-state index in [4.69, 9.17) is 9.15 Å². The number of hydrogen-bond acceptors (Lipinski definition) is 3. The highest BCUT2D eigenvalue weighted by Gasteiger charge is 2.22. The topological polar surface area (TPSA) is 34.4 Å². The minimum atomic E-state index is 0.704. The van der Waals surface area contributed by atoms with E-state index in [0.29, 0.717) is 6.61 Å². The zero-order valence-corrected chi connectivity index (χ0v) is 10.5. The zero-order valence-electron chi connectivity index (χ0n) is 10.5. The van der Waals surface area contributed by atoms with Crippen LogP contribution < -0.4 is 5.32 Å². The monoisotopic (exact) mass is 235 g/mol. The minimum absolute atomic E-state index is 0.704. The second-order valence-electron chi connectivity index (χ2n) is 5.41. The van der Waals surface area contributed by atoms with Crippen molar-refractivity contribution in [3.63, 3.8) is 0 Å². The molecule has 1 aromatic rings. The van der Waals surface area contributed by atoms with Crippen LogP contribution in [0.25, 0.3) is 0 Å². The third kappa shape index (κ3) is 3.33. The van der Waals surface area contributed by atoms with Gasteiger partial charge in [-0.3, -0.25) is 0 Å². The van der Waals surface area contributed by atoms with Crippen LogP contribution in [0.4, 0.5) is 0 Å². The number of hydrogen-bond donors (Lipinski definition) is 1. The fourth-order valence-corrected chi connectivity index (χ4v) is 1.97. The van der Waals surface area contributed by atoms with Crippen molar-refractivity contribution in [3.8, 4) is 0 Å². The van der Waals surface area contributed by atoms with Gasteiger partial charge in [0.05, 0.1) is 13.2 Å². The molecule has 0 aromatic carbocycles.